The highest BCUT2D eigenvalue weighted by atomic mass is 28.3. The normalized spacial score (nSPS) is 28.4. The van der Waals surface area contributed by atoms with Gasteiger partial charge in [-0.15, -0.1) is 0 Å². The summed E-state index contributed by atoms with van der Waals surface area (Å²) in [7, 11) is 0.630. The molecule has 0 aromatic heterocycles. The lowest BCUT2D eigenvalue weighted by atomic mass is 9.94. The Morgan fingerprint density at radius 1 is 1.28 bits per heavy atom. The predicted octanol–water partition coefficient (Wildman–Crippen LogP) is 4.33. The van der Waals surface area contributed by atoms with Crippen molar-refractivity contribution >= 4 is 14.0 Å². The van der Waals surface area contributed by atoms with E-state index in [2.05, 4.69) is 26.6 Å². The molecule has 0 bridgehead atoms. The van der Waals surface area contributed by atoms with Gasteiger partial charge in [0.1, 0.15) is 0 Å². The van der Waals surface area contributed by atoms with E-state index in [1.165, 1.54) is 32.4 Å². The maximum atomic E-state index is 11.7. The number of rotatable bonds is 6. The van der Waals surface area contributed by atoms with Crippen molar-refractivity contribution in [3.63, 3.8) is 0 Å². The predicted molar refractivity (Wildman–Crippen MR) is 79.4 cm³/mol. The zero-order valence-corrected chi connectivity index (χ0v) is 13.8. The molecule has 0 N–H and O–H groups in total. The number of hydrogen-bond acceptors (Lipinski definition) is 2. The molecule has 1 rings (SSSR count). The van der Waals surface area contributed by atoms with Crippen LogP contribution in [0.2, 0.25) is 25.7 Å². The minimum absolute atomic E-state index is 0.0227. The lowest BCUT2D eigenvalue weighted by Gasteiger charge is -2.17. The Hall–Kier alpha value is -0.313. The number of hydrogen-bond donors (Lipinski definition) is 0. The lowest BCUT2D eigenvalue weighted by Crippen LogP contribution is -2.20. The molecule has 106 valence electrons. The molecular formula is C15H30O2Si. The summed E-state index contributed by atoms with van der Waals surface area (Å²) in [5.74, 6) is 1.52. The van der Waals surface area contributed by atoms with Crippen LogP contribution < -0.4 is 0 Å². The number of ether oxygens (including phenoxy) is 1. The molecule has 0 saturated heterocycles. The highest BCUT2D eigenvalue weighted by molar-refractivity contribution is 6.76. The maximum absolute atomic E-state index is 11.7. The Morgan fingerprint density at radius 3 is 2.44 bits per heavy atom. The van der Waals surface area contributed by atoms with Crippen molar-refractivity contribution in [3.05, 3.63) is 0 Å². The van der Waals surface area contributed by atoms with E-state index in [1.807, 2.05) is 0 Å². The van der Waals surface area contributed by atoms with Gasteiger partial charge in [-0.25, -0.2) is 0 Å². The first kappa shape index (κ1) is 15.7. The third kappa shape index (κ3) is 4.75. The van der Waals surface area contributed by atoms with E-state index < -0.39 is 8.07 Å². The first-order valence-corrected chi connectivity index (χ1v) is 11.2. The van der Waals surface area contributed by atoms with E-state index >= 15 is 0 Å². The third-order valence-electron chi connectivity index (χ3n) is 4.36. The monoisotopic (exact) mass is 270 g/mol. The topological polar surface area (TPSA) is 26.3 Å². The quantitative estimate of drug-likeness (QED) is 0.530. The first-order valence-electron chi connectivity index (χ1n) is 7.45. The summed E-state index contributed by atoms with van der Waals surface area (Å²) in [6, 6.07) is 1.42. The smallest absolute Gasteiger partial charge is 0.308 e. The average Bonchev–Trinajstić information content (AvgIpc) is 2.69. The fourth-order valence-electron chi connectivity index (χ4n) is 3.29. The second-order valence-electron chi connectivity index (χ2n) is 7.09. The van der Waals surface area contributed by atoms with Crippen molar-refractivity contribution in [1.29, 1.82) is 0 Å². The number of esters is 1. The van der Waals surface area contributed by atoms with Gasteiger partial charge < -0.3 is 4.74 Å². The van der Waals surface area contributed by atoms with Gasteiger partial charge in [0.25, 0.3) is 0 Å². The molecule has 0 heterocycles. The summed E-state index contributed by atoms with van der Waals surface area (Å²) in [5, 5.41) is 0. The van der Waals surface area contributed by atoms with E-state index in [9.17, 15) is 4.79 Å². The molecule has 0 spiro atoms. The molecule has 0 aromatic carbocycles. The van der Waals surface area contributed by atoms with Gasteiger partial charge in [-0.05, 0) is 24.7 Å². The second kappa shape index (κ2) is 6.74. The molecule has 3 heteroatoms. The number of carbonyl (C=O) groups excluding carboxylic acids is 1. The van der Waals surface area contributed by atoms with Crippen molar-refractivity contribution in [3.8, 4) is 0 Å². The summed E-state index contributed by atoms with van der Waals surface area (Å²) in [6.45, 7) is 9.51. The second-order valence-corrected chi connectivity index (χ2v) is 12.7. The Balaban J connectivity index is 2.39. The van der Waals surface area contributed by atoms with Gasteiger partial charge in [-0.3, -0.25) is 4.79 Å². The van der Waals surface area contributed by atoms with Gasteiger partial charge in [0.15, 0.2) is 0 Å². The van der Waals surface area contributed by atoms with Crippen LogP contribution in [0, 0.1) is 17.8 Å². The molecule has 1 fully saturated rings. The molecule has 0 aromatic rings. The van der Waals surface area contributed by atoms with Gasteiger partial charge in [-0.1, -0.05) is 51.9 Å². The van der Waals surface area contributed by atoms with Crippen molar-refractivity contribution in [1.82, 2.24) is 0 Å². The summed E-state index contributed by atoms with van der Waals surface area (Å²) >= 11 is 0. The van der Waals surface area contributed by atoms with Crippen LogP contribution >= 0.6 is 0 Å². The summed E-state index contributed by atoms with van der Waals surface area (Å²) in [5.41, 5.74) is 0. The molecular weight excluding hydrogens is 240 g/mol. The summed E-state index contributed by atoms with van der Waals surface area (Å²) in [6.07, 6.45) is 6.09. The fraction of sp³-hybridized carbons (Fsp3) is 0.933. The summed E-state index contributed by atoms with van der Waals surface area (Å²) in [4.78, 5) is 11.7. The van der Waals surface area contributed by atoms with E-state index in [4.69, 9.17) is 4.74 Å². The molecule has 0 aliphatic heterocycles. The van der Waals surface area contributed by atoms with Gasteiger partial charge in [0.2, 0.25) is 0 Å². The minimum atomic E-state index is -0.892. The molecule has 1 aliphatic carbocycles. The van der Waals surface area contributed by atoms with Crippen LogP contribution in [0.3, 0.4) is 0 Å². The molecule has 0 radical (unpaired) electrons. The van der Waals surface area contributed by atoms with Crippen molar-refractivity contribution in [2.24, 2.45) is 17.8 Å². The minimum Gasteiger partial charge on any atom is -0.469 e. The number of carbonyl (C=O) groups is 1. The largest absolute Gasteiger partial charge is 0.469 e. The molecule has 0 amide bonds. The Kier molecular flexibility index (Phi) is 5.89. The van der Waals surface area contributed by atoms with Crippen molar-refractivity contribution in [2.75, 3.05) is 7.11 Å². The average molecular weight is 270 g/mol. The number of methoxy groups -OCH3 is 1. The highest BCUT2D eigenvalue weighted by Gasteiger charge is 2.37. The zero-order valence-electron chi connectivity index (χ0n) is 12.8. The third-order valence-corrected chi connectivity index (χ3v) is 6.21. The van der Waals surface area contributed by atoms with Crippen LogP contribution in [0.1, 0.15) is 39.0 Å². The molecule has 0 unspecified atom stereocenters. The van der Waals surface area contributed by atoms with E-state index in [-0.39, 0.29) is 11.9 Å². The van der Waals surface area contributed by atoms with Crippen LogP contribution in [-0.4, -0.2) is 21.2 Å². The van der Waals surface area contributed by atoms with Crippen molar-refractivity contribution < 1.29 is 9.53 Å². The fourth-order valence-corrected chi connectivity index (χ4v) is 4.55. The van der Waals surface area contributed by atoms with Crippen LogP contribution in [0.15, 0.2) is 0 Å². The standard InChI is InChI=1S/C15H30O2Si/c1-6-13-10-12(8-7-9-18(3,4)5)11-14(13)15(16)17-2/h12-14H,6-11H2,1-5H3/t12-,13+,14+/m0/s1. The van der Waals surface area contributed by atoms with Crippen LogP contribution in [0.4, 0.5) is 0 Å². The molecule has 18 heavy (non-hydrogen) atoms. The summed E-state index contributed by atoms with van der Waals surface area (Å²) < 4.78 is 4.94. The van der Waals surface area contributed by atoms with Gasteiger partial charge in [-0.2, -0.15) is 0 Å². The van der Waals surface area contributed by atoms with Gasteiger partial charge >= 0.3 is 5.97 Å². The Morgan fingerprint density at radius 2 is 1.94 bits per heavy atom. The first-order chi connectivity index (χ1) is 8.37. The van der Waals surface area contributed by atoms with Gasteiger partial charge in [0.05, 0.1) is 13.0 Å². The maximum Gasteiger partial charge on any atom is 0.308 e. The SMILES string of the molecule is CC[C@@H]1C[C@H](CCC[Si](C)(C)C)C[C@H]1C(=O)OC. The zero-order chi connectivity index (χ0) is 13.8. The molecule has 1 aliphatic rings. The van der Waals surface area contributed by atoms with Crippen LogP contribution in [-0.2, 0) is 9.53 Å². The van der Waals surface area contributed by atoms with Crippen molar-refractivity contribution in [2.45, 2.75) is 64.7 Å². The van der Waals surface area contributed by atoms with E-state index in [0.717, 1.165) is 18.8 Å². The van der Waals surface area contributed by atoms with E-state index in [0.29, 0.717) is 5.92 Å². The lowest BCUT2D eigenvalue weighted by molar-refractivity contribution is -0.146. The highest BCUT2D eigenvalue weighted by Crippen LogP contribution is 2.41. The molecule has 1 saturated carbocycles. The van der Waals surface area contributed by atoms with Gasteiger partial charge in [0, 0.05) is 8.07 Å². The van der Waals surface area contributed by atoms with Crippen LogP contribution in [0.5, 0.6) is 0 Å². The van der Waals surface area contributed by atoms with E-state index in [1.54, 1.807) is 0 Å². The molecule has 3 atom stereocenters. The Labute approximate surface area is 113 Å². The Bertz CT molecular complexity index is 270. The van der Waals surface area contributed by atoms with Crippen LogP contribution in [0.25, 0.3) is 0 Å². The molecule has 2 nitrogen and oxygen atoms in total.